The topological polar surface area (TPSA) is 65.7 Å². The summed E-state index contributed by atoms with van der Waals surface area (Å²) in [6, 6.07) is 1.97. The quantitative estimate of drug-likeness (QED) is 0.560. The van der Waals surface area contributed by atoms with E-state index in [1.807, 2.05) is 13.0 Å². The lowest BCUT2D eigenvalue weighted by Gasteiger charge is -2.37. The number of Topliss-reactive ketones (excluding diaryl/α,β-unsaturated/α-hetero) is 1. The zero-order valence-electron chi connectivity index (χ0n) is 20.4. The number of carbonyl (C=O) groups is 2. The first-order chi connectivity index (χ1) is 15.0. The molecule has 0 saturated heterocycles. The van der Waals surface area contributed by atoms with E-state index >= 15 is 0 Å². The highest BCUT2D eigenvalue weighted by molar-refractivity contribution is 6.03. The van der Waals surface area contributed by atoms with Crippen molar-refractivity contribution in [2.45, 2.75) is 79.4 Å². The Kier molecular flexibility index (Phi) is 5.89. The Morgan fingerprint density at radius 2 is 2.06 bits per heavy atom. The summed E-state index contributed by atoms with van der Waals surface area (Å²) in [4.78, 5) is 25.8. The van der Waals surface area contributed by atoms with Gasteiger partial charge in [0.2, 0.25) is 0 Å². The summed E-state index contributed by atoms with van der Waals surface area (Å²) in [6.07, 6.45) is 5.74. The molecule has 174 valence electrons. The molecule has 0 spiro atoms. The predicted octanol–water partition coefficient (Wildman–Crippen LogP) is 5.57. The van der Waals surface area contributed by atoms with Gasteiger partial charge in [-0.05, 0) is 62.1 Å². The lowest BCUT2D eigenvalue weighted by molar-refractivity contribution is -0.150. The fraction of sp³-hybridized carbons (Fsp3) is 0.630. The zero-order chi connectivity index (χ0) is 23.4. The van der Waals surface area contributed by atoms with E-state index in [0.29, 0.717) is 18.8 Å². The van der Waals surface area contributed by atoms with Gasteiger partial charge in [-0.15, -0.1) is 0 Å². The van der Waals surface area contributed by atoms with Gasteiger partial charge in [0.1, 0.15) is 23.2 Å². The maximum atomic E-state index is 14.0. The lowest BCUT2D eigenvalue weighted by atomic mass is 9.65. The van der Waals surface area contributed by atoms with Crippen LogP contribution in [-0.4, -0.2) is 23.5 Å². The average Bonchev–Trinajstić information content (AvgIpc) is 3.32. The highest BCUT2D eigenvalue weighted by atomic mass is 16.5. The molecule has 0 radical (unpaired) electrons. The van der Waals surface area contributed by atoms with Gasteiger partial charge in [-0.1, -0.05) is 27.7 Å². The van der Waals surface area contributed by atoms with Crippen LogP contribution < -0.4 is 0 Å². The van der Waals surface area contributed by atoms with Crippen molar-refractivity contribution < 1.29 is 23.5 Å². The van der Waals surface area contributed by atoms with Gasteiger partial charge < -0.3 is 13.9 Å². The monoisotopic (exact) mass is 440 g/mol. The first-order valence-electron chi connectivity index (χ1n) is 11.9. The van der Waals surface area contributed by atoms with E-state index in [-0.39, 0.29) is 41.5 Å². The Labute approximate surface area is 191 Å². The minimum absolute atomic E-state index is 0.00557. The van der Waals surface area contributed by atoms with Crippen molar-refractivity contribution in [2.75, 3.05) is 0 Å². The van der Waals surface area contributed by atoms with Crippen LogP contribution in [0.1, 0.15) is 65.7 Å². The number of rotatable bonds is 5. The number of ketones is 1. The van der Waals surface area contributed by atoms with Crippen molar-refractivity contribution in [3.8, 4) is 0 Å². The maximum Gasteiger partial charge on any atom is 0.302 e. The average molecular weight is 441 g/mol. The number of fused-ring (bicyclic) bond motifs is 1. The van der Waals surface area contributed by atoms with Crippen molar-refractivity contribution >= 4 is 11.8 Å². The second-order valence-electron chi connectivity index (χ2n) is 10.5. The highest BCUT2D eigenvalue weighted by Gasteiger charge is 2.59. The van der Waals surface area contributed by atoms with Gasteiger partial charge in [0, 0.05) is 36.3 Å². The van der Waals surface area contributed by atoms with Crippen molar-refractivity contribution in [1.82, 2.24) is 0 Å². The smallest absolute Gasteiger partial charge is 0.302 e. The van der Waals surface area contributed by atoms with E-state index in [1.165, 1.54) is 6.92 Å². The highest BCUT2D eigenvalue weighted by Crippen LogP contribution is 2.57. The predicted molar refractivity (Wildman–Crippen MR) is 122 cm³/mol. The van der Waals surface area contributed by atoms with E-state index < -0.39 is 5.60 Å². The summed E-state index contributed by atoms with van der Waals surface area (Å²) >= 11 is 0. The maximum absolute atomic E-state index is 14.0. The lowest BCUT2D eigenvalue weighted by Crippen LogP contribution is -2.43. The molecule has 1 aliphatic heterocycles. The standard InChI is InChI=1S/C27H36O5/c1-14(2)12-21-24-17(5)23-20(31-18(6)28)13-16(4)22(23)26(29)25(24)27(7,32-21)10-8-19-15(3)9-11-30-19/h9,11-12,14,16-17,20,22-23H,8,10,13H2,1-7H3/b21-12-/t16-,17+,20-,22+,23-,27+/m0/s1. The van der Waals surface area contributed by atoms with Crippen LogP contribution in [0.25, 0.3) is 0 Å². The van der Waals surface area contributed by atoms with Gasteiger partial charge in [-0.2, -0.15) is 0 Å². The summed E-state index contributed by atoms with van der Waals surface area (Å²) in [5, 5.41) is 0. The van der Waals surface area contributed by atoms with E-state index in [4.69, 9.17) is 13.9 Å². The Morgan fingerprint density at radius 1 is 1.34 bits per heavy atom. The summed E-state index contributed by atoms with van der Waals surface area (Å²) in [6.45, 7) is 14.1. The Hall–Kier alpha value is -2.30. The molecule has 1 fully saturated rings. The van der Waals surface area contributed by atoms with Crippen LogP contribution in [0.2, 0.25) is 0 Å². The molecule has 0 aromatic carbocycles. The van der Waals surface area contributed by atoms with Crippen LogP contribution >= 0.6 is 0 Å². The number of carbonyl (C=O) groups excluding carboxylic acids is 2. The van der Waals surface area contributed by atoms with Gasteiger partial charge in [0.25, 0.3) is 0 Å². The summed E-state index contributed by atoms with van der Waals surface area (Å²) in [5.74, 6) is 2.07. The fourth-order valence-corrected chi connectivity index (χ4v) is 6.26. The molecule has 0 bridgehead atoms. The number of aryl methyl sites for hydroxylation is 2. The molecule has 1 saturated carbocycles. The molecule has 5 nitrogen and oxygen atoms in total. The van der Waals surface area contributed by atoms with E-state index in [0.717, 1.165) is 34.6 Å². The molecular formula is C27H36O5. The van der Waals surface area contributed by atoms with Crippen molar-refractivity contribution in [3.63, 3.8) is 0 Å². The van der Waals surface area contributed by atoms with Crippen LogP contribution in [0.4, 0.5) is 0 Å². The molecule has 6 atom stereocenters. The van der Waals surface area contributed by atoms with E-state index in [2.05, 4.69) is 40.7 Å². The van der Waals surface area contributed by atoms with Crippen molar-refractivity contribution in [2.24, 2.45) is 29.6 Å². The number of ether oxygens (including phenoxy) is 2. The molecule has 5 heteroatoms. The molecular weight excluding hydrogens is 404 g/mol. The number of hydrogen-bond donors (Lipinski definition) is 0. The van der Waals surface area contributed by atoms with E-state index in [9.17, 15) is 9.59 Å². The third kappa shape index (κ3) is 3.74. The molecule has 0 unspecified atom stereocenters. The minimum Gasteiger partial charge on any atom is -0.483 e. The number of furan rings is 1. The summed E-state index contributed by atoms with van der Waals surface area (Å²) in [5.41, 5.74) is 2.29. The largest absolute Gasteiger partial charge is 0.483 e. The second-order valence-corrected chi connectivity index (χ2v) is 10.5. The fourth-order valence-electron chi connectivity index (χ4n) is 6.26. The third-order valence-corrected chi connectivity index (χ3v) is 7.64. The van der Waals surface area contributed by atoms with Crippen LogP contribution in [0.15, 0.2) is 39.7 Å². The van der Waals surface area contributed by atoms with Crippen LogP contribution in [0.3, 0.4) is 0 Å². The van der Waals surface area contributed by atoms with Crippen LogP contribution in [0.5, 0.6) is 0 Å². The van der Waals surface area contributed by atoms with E-state index in [1.54, 1.807) is 6.26 Å². The molecule has 4 rings (SSSR count). The molecule has 2 heterocycles. The SMILES string of the molecule is CC(=O)O[C@H]1C[C@H](C)[C@H]2C(=O)C3=C(/C(=C/C(C)C)O[C@]3(C)CCc3occc3C)[C@H](C)[C@H]21. The molecule has 32 heavy (non-hydrogen) atoms. The van der Waals surface area contributed by atoms with Gasteiger partial charge in [-0.3, -0.25) is 9.59 Å². The first kappa shape index (κ1) is 22.9. The Bertz CT molecular complexity index is 980. The molecule has 1 aromatic rings. The van der Waals surface area contributed by atoms with Crippen LogP contribution in [-0.2, 0) is 25.5 Å². The Balaban J connectivity index is 1.76. The van der Waals surface area contributed by atoms with Gasteiger partial charge in [0.05, 0.1) is 6.26 Å². The summed E-state index contributed by atoms with van der Waals surface area (Å²) < 4.78 is 18.0. The molecule has 3 aliphatic rings. The van der Waals surface area contributed by atoms with Crippen molar-refractivity contribution in [1.29, 1.82) is 0 Å². The molecule has 0 N–H and O–H groups in total. The summed E-state index contributed by atoms with van der Waals surface area (Å²) in [7, 11) is 0. The van der Waals surface area contributed by atoms with Crippen molar-refractivity contribution in [3.05, 3.63) is 46.6 Å². The van der Waals surface area contributed by atoms with Gasteiger partial charge in [-0.25, -0.2) is 0 Å². The molecule has 1 aromatic heterocycles. The van der Waals surface area contributed by atoms with Gasteiger partial charge in [0.15, 0.2) is 5.78 Å². The second kappa shape index (κ2) is 8.24. The molecule has 2 aliphatic carbocycles. The minimum atomic E-state index is -0.690. The zero-order valence-corrected chi connectivity index (χ0v) is 20.4. The molecule has 0 amide bonds. The number of allylic oxidation sites excluding steroid dienone is 2. The normalized spacial score (nSPS) is 35.3. The number of hydrogen-bond acceptors (Lipinski definition) is 5. The number of esters is 1. The third-order valence-electron chi connectivity index (χ3n) is 7.64. The first-order valence-corrected chi connectivity index (χ1v) is 11.9. The Morgan fingerprint density at radius 3 is 2.66 bits per heavy atom. The van der Waals surface area contributed by atoms with Crippen LogP contribution in [0, 0.1) is 36.5 Å². The van der Waals surface area contributed by atoms with Gasteiger partial charge >= 0.3 is 5.97 Å².